The Morgan fingerprint density at radius 3 is 2.88 bits per heavy atom. The molecule has 1 aromatic carbocycles. The minimum atomic E-state index is 0.0994. The van der Waals surface area contributed by atoms with Gasteiger partial charge in [-0.3, -0.25) is 0 Å². The maximum Gasteiger partial charge on any atom is 0.0513 e. The van der Waals surface area contributed by atoms with Crippen LogP contribution in [0.3, 0.4) is 0 Å². The van der Waals surface area contributed by atoms with Crippen LogP contribution in [0.4, 0.5) is 5.69 Å². The quantitative estimate of drug-likeness (QED) is 0.844. The van der Waals surface area contributed by atoms with Crippen molar-refractivity contribution in [3.63, 3.8) is 0 Å². The zero-order chi connectivity index (χ0) is 11.5. The van der Waals surface area contributed by atoms with Crippen molar-refractivity contribution in [2.45, 2.75) is 12.5 Å². The summed E-state index contributed by atoms with van der Waals surface area (Å²) in [4.78, 5) is 2.10. The molecule has 1 aliphatic heterocycles. The molecular formula is C13H20N2O. The number of anilines is 1. The van der Waals surface area contributed by atoms with Crippen LogP contribution in [0.25, 0.3) is 0 Å². The number of benzene rings is 1. The van der Waals surface area contributed by atoms with Gasteiger partial charge in [0, 0.05) is 38.3 Å². The van der Waals surface area contributed by atoms with Crippen molar-refractivity contribution in [3.8, 4) is 0 Å². The van der Waals surface area contributed by atoms with E-state index in [9.17, 15) is 0 Å². The molecule has 0 radical (unpaired) electrons. The van der Waals surface area contributed by atoms with Gasteiger partial charge in [0.2, 0.25) is 0 Å². The summed E-state index contributed by atoms with van der Waals surface area (Å²) in [6.45, 7) is 1.65. The molecule has 0 aromatic heterocycles. The van der Waals surface area contributed by atoms with Crippen LogP contribution >= 0.6 is 0 Å². The minimum absolute atomic E-state index is 0.0994. The lowest BCUT2D eigenvalue weighted by Gasteiger charge is -2.20. The first-order valence-corrected chi connectivity index (χ1v) is 5.79. The summed E-state index contributed by atoms with van der Waals surface area (Å²) in [5, 5.41) is 0. The Morgan fingerprint density at radius 1 is 1.44 bits per heavy atom. The second-order valence-corrected chi connectivity index (χ2v) is 4.64. The Labute approximate surface area is 97.2 Å². The van der Waals surface area contributed by atoms with Crippen molar-refractivity contribution in [1.29, 1.82) is 0 Å². The third kappa shape index (κ3) is 2.36. The highest BCUT2D eigenvalue weighted by atomic mass is 16.5. The van der Waals surface area contributed by atoms with Crippen LogP contribution in [-0.4, -0.2) is 27.3 Å². The fourth-order valence-electron chi connectivity index (χ4n) is 2.12. The molecule has 1 saturated heterocycles. The summed E-state index contributed by atoms with van der Waals surface area (Å²) < 4.78 is 5.39. The molecule has 0 bridgehead atoms. The Morgan fingerprint density at radius 2 is 2.25 bits per heavy atom. The van der Waals surface area contributed by atoms with Gasteiger partial charge < -0.3 is 15.4 Å². The highest BCUT2D eigenvalue weighted by Gasteiger charge is 2.24. The Balaban J connectivity index is 2.15. The predicted molar refractivity (Wildman–Crippen MR) is 66.6 cm³/mol. The topological polar surface area (TPSA) is 38.5 Å². The highest BCUT2D eigenvalue weighted by Crippen LogP contribution is 2.28. The molecule has 0 aliphatic carbocycles. The molecule has 2 atom stereocenters. The molecule has 1 heterocycles. The van der Waals surface area contributed by atoms with E-state index in [0.717, 1.165) is 19.6 Å². The number of hydrogen-bond acceptors (Lipinski definition) is 3. The van der Waals surface area contributed by atoms with E-state index in [1.54, 1.807) is 0 Å². The smallest absolute Gasteiger partial charge is 0.0513 e. The number of nitrogens with zero attached hydrogens (tertiary/aromatic N) is 1. The van der Waals surface area contributed by atoms with Gasteiger partial charge in [-0.05, 0) is 24.1 Å². The summed E-state index contributed by atoms with van der Waals surface area (Å²) in [6, 6.07) is 8.54. The summed E-state index contributed by atoms with van der Waals surface area (Å²) in [7, 11) is 4.09. The molecule has 2 N–H and O–H groups in total. The van der Waals surface area contributed by atoms with Gasteiger partial charge >= 0.3 is 0 Å². The SMILES string of the molecule is CN(C)c1cccc(C(N)C2CCOC2)c1. The lowest BCUT2D eigenvalue weighted by atomic mass is 9.93. The average Bonchev–Trinajstić information content (AvgIpc) is 2.81. The first-order valence-electron chi connectivity index (χ1n) is 5.79. The van der Waals surface area contributed by atoms with Gasteiger partial charge in [0.25, 0.3) is 0 Å². The monoisotopic (exact) mass is 220 g/mol. The van der Waals surface area contributed by atoms with Crippen LogP contribution in [0.15, 0.2) is 24.3 Å². The van der Waals surface area contributed by atoms with E-state index in [0.29, 0.717) is 5.92 Å². The third-order valence-electron chi connectivity index (χ3n) is 3.24. The van der Waals surface area contributed by atoms with E-state index < -0.39 is 0 Å². The van der Waals surface area contributed by atoms with E-state index in [-0.39, 0.29) is 6.04 Å². The molecule has 1 aliphatic rings. The van der Waals surface area contributed by atoms with E-state index in [2.05, 4.69) is 29.2 Å². The third-order valence-corrected chi connectivity index (χ3v) is 3.24. The van der Waals surface area contributed by atoms with Gasteiger partial charge in [-0.25, -0.2) is 0 Å². The average molecular weight is 220 g/mol. The maximum atomic E-state index is 6.27. The molecule has 1 aromatic rings. The highest BCUT2D eigenvalue weighted by molar-refractivity contribution is 5.47. The van der Waals surface area contributed by atoms with Gasteiger partial charge in [-0.15, -0.1) is 0 Å². The molecule has 88 valence electrons. The Bertz CT molecular complexity index is 346. The zero-order valence-electron chi connectivity index (χ0n) is 10.0. The van der Waals surface area contributed by atoms with Crippen molar-refractivity contribution >= 4 is 5.69 Å². The van der Waals surface area contributed by atoms with Crippen molar-refractivity contribution < 1.29 is 4.74 Å². The van der Waals surface area contributed by atoms with Crippen molar-refractivity contribution in [1.82, 2.24) is 0 Å². The molecule has 0 spiro atoms. The van der Waals surface area contributed by atoms with E-state index in [1.165, 1.54) is 11.3 Å². The largest absolute Gasteiger partial charge is 0.381 e. The number of nitrogens with two attached hydrogens (primary N) is 1. The fourth-order valence-corrected chi connectivity index (χ4v) is 2.12. The predicted octanol–water partition coefficient (Wildman–Crippen LogP) is 1.79. The van der Waals surface area contributed by atoms with Crippen LogP contribution in [0, 0.1) is 5.92 Å². The summed E-state index contributed by atoms with van der Waals surface area (Å²) >= 11 is 0. The van der Waals surface area contributed by atoms with E-state index in [4.69, 9.17) is 10.5 Å². The van der Waals surface area contributed by atoms with Crippen LogP contribution < -0.4 is 10.6 Å². The van der Waals surface area contributed by atoms with Gasteiger partial charge in [0.05, 0.1) is 6.61 Å². The van der Waals surface area contributed by atoms with Gasteiger partial charge in [-0.1, -0.05) is 12.1 Å². The van der Waals surface area contributed by atoms with E-state index >= 15 is 0 Å². The minimum Gasteiger partial charge on any atom is -0.381 e. The summed E-state index contributed by atoms with van der Waals surface area (Å²) in [6.07, 6.45) is 1.08. The number of hydrogen-bond donors (Lipinski definition) is 1. The molecule has 3 nitrogen and oxygen atoms in total. The lowest BCUT2D eigenvalue weighted by Crippen LogP contribution is -2.22. The molecular weight excluding hydrogens is 200 g/mol. The van der Waals surface area contributed by atoms with Crippen LogP contribution in [-0.2, 0) is 4.74 Å². The normalized spacial score (nSPS) is 22.1. The Kier molecular flexibility index (Phi) is 3.46. The molecule has 0 saturated carbocycles. The van der Waals surface area contributed by atoms with Crippen molar-refractivity contribution in [3.05, 3.63) is 29.8 Å². The van der Waals surface area contributed by atoms with Crippen molar-refractivity contribution in [2.75, 3.05) is 32.2 Å². The number of rotatable bonds is 3. The lowest BCUT2D eigenvalue weighted by molar-refractivity contribution is 0.181. The molecule has 2 rings (SSSR count). The van der Waals surface area contributed by atoms with E-state index in [1.807, 2.05) is 14.1 Å². The fraction of sp³-hybridized carbons (Fsp3) is 0.538. The Hall–Kier alpha value is -1.06. The van der Waals surface area contributed by atoms with Gasteiger partial charge in [0.15, 0.2) is 0 Å². The standard InChI is InChI=1S/C13H20N2O/c1-15(2)12-5-3-4-10(8-12)13(14)11-6-7-16-9-11/h3-5,8,11,13H,6-7,9,14H2,1-2H3. The molecule has 16 heavy (non-hydrogen) atoms. The second kappa shape index (κ2) is 4.85. The summed E-state index contributed by atoms with van der Waals surface area (Å²) in [5.74, 6) is 0.470. The van der Waals surface area contributed by atoms with Crippen LogP contribution in [0.5, 0.6) is 0 Å². The molecule has 3 heteroatoms. The van der Waals surface area contributed by atoms with Crippen LogP contribution in [0.2, 0.25) is 0 Å². The maximum absolute atomic E-state index is 6.27. The molecule has 1 fully saturated rings. The van der Waals surface area contributed by atoms with Crippen molar-refractivity contribution in [2.24, 2.45) is 11.7 Å². The second-order valence-electron chi connectivity index (χ2n) is 4.64. The van der Waals surface area contributed by atoms with Gasteiger partial charge in [0.1, 0.15) is 0 Å². The molecule has 2 unspecified atom stereocenters. The zero-order valence-corrected chi connectivity index (χ0v) is 10.0. The summed E-state index contributed by atoms with van der Waals surface area (Å²) in [5.41, 5.74) is 8.68. The van der Waals surface area contributed by atoms with Gasteiger partial charge in [-0.2, -0.15) is 0 Å². The first-order chi connectivity index (χ1) is 7.68. The van der Waals surface area contributed by atoms with Crippen LogP contribution in [0.1, 0.15) is 18.0 Å². The molecule has 0 amide bonds. The number of ether oxygens (including phenoxy) is 1. The first kappa shape index (κ1) is 11.4.